The summed E-state index contributed by atoms with van der Waals surface area (Å²) < 4.78 is 6.99. The average Bonchev–Trinajstić information content (AvgIpc) is 3.36. The van der Waals surface area contributed by atoms with Crippen LogP contribution >= 0.6 is 11.6 Å². The van der Waals surface area contributed by atoms with Gasteiger partial charge >= 0.3 is 0 Å². The van der Waals surface area contributed by atoms with Crippen molar-refractivity contribution in [2.24, 2.45) is 0 Å². The number of rotatable bonds is 5. The van der Waals surface area contributed by atoms with Crippen molar-refractivity contribution in [1.29, 1.82) is 0 Å². The molecule has 29 heavy (non-hydrogen) atoms. The van der Waals surface area contributed by atoms with Gasteiger partial charge in [0.15, 0.2) is 0 Å². The Kier molecular flexibility index (Phi) is 5.74. The summed E-state index contributed by atoms with van der Waals surface area (Å²) >= 11 is 6.00. The number of piperidine rings is 1. The third kappa shape index (κ3) is 4.23. The molecule has 0 saturated carbocycles. The van der Waals surface area contributed by atoms with E-state index in [9.17, 15) is 4.79 Å². The summed E-state index contributed by atoms with van der Waals surface area (Å²) in [5, 5.41) is 9.08. The zero-order valence-corrected chi connectivity index (χ0v) is 17.4. The standard InChI is InChI=1S/C22H25ClN4O2/c1-15-21(16(2)27(25-15)20-5-3-18(23)4-6-20)13-24-19-7-10-26(11-8-19)22(28)17-9-12-29-14-17/h3-6,9,12,14,19,24H,7-8,10-11,13H2,1-2H3. The van der Waals surface area contributed by atoms with Crippen molar-refractivity contribution >= 4 is 17.5 Å². The fourth-order valence-corrected chi connectivity index (χ4v) is 3.99. The van der Waals surface area contributed by atoms with Gasteiger partial charge in [0.05, 0.1) is 23.2 Å². The Morgan fingerprint density at radius 3 is 2.59 bits per heavy atom. The van der Waals surface area contributed by atoms with Gasteiger partial charge < -0.3 is 14.6 Å². The van der Waals surface area contributed by atoms with E-state index in [2.05, 4.69) is 12.2 Å². The number of likely N-dealkylation sites (tertiary alicyclic amines) is 1. The molecule has 1 fully saturated rings. The zero-order chi connectivity index (χ0) is 20.4. The molecule has 0 atom stereocenters. The van der Waals surface area contributed by atoms with E-state index >= 15 is 0 Å². The van der Waals surface area contributed by atoms with Gasteiger partial charge in [0.1, 0.15) is 6.26 Å². The number of aromatic nitrogens is 2. The molecule has 6 nitrogen and oxygen atoms in total. The van der Waals surface area contributed by atoms with E-state index in [1.807, 2.05) is 40.8 Å². The third-order valence-corrected chi connectivity index (χ3v) is 5.88. The van der Waals surface area contributed by atoms with E-state index in [4.69, 9.17) is 21.1 Å². The van der Waals surface area contributed by atoms with Crippen LogP contribution < -0.4 is 5.32 Å². The SMILES string of the molecule is Cc1nn(-c2ccc(Cl)cc2)c(C)c1CNC1CCN(C(=O)c2ccoc2)CC1. The first-order chi connectivity index (χ1) is 14.0. The molecule has 4 rings (SSSR count). The maximum atomic E-state index is 12.4. The van der Waals surface area contributed by atoms with Gasteiger partial charge in [-0.1, -0.05) is 11.6 Å². The Balaban J connectivity index is 1.35. The summed E-state index contributed by atoms with van der Waals surface area (Å²) in [7, 11) is 0. The van der Waals surface area contributed by atoms with Crippen LogP contribution in [0.5, 0.6) is 0 Å². The number of hydrogen-bond donors (Lipinski definition) is 1. The van der Waals surface area contributed by atoms with Crippen molar-refractivity contribution in [1.82, 2.24) is 20.0 Å². The predicted molar refractivity (Wildman–Crippen MR) is 113 cm³/mol. The smallest absolute Gasteiger partial charge is 0.257 e. The lowest BCUT2D eigenvalue weighted by Crippen LogP contribution is -2.44. The van der Waals surface area contributed by atoms with Crippen molar-refractivity contribution < 1.29 is 9.21 Å². The lowest BCUT2D eigenvalue weighted by molar-refractivity contribution is 0.0704. The van der Waals surface area contributed by atoms with Crippen LogP contribution in [0, 0.1) is 13.8 Å². The second-order valence-electron chi connectivity index (χ2n) is 7.50. The maximum absolute atomic E-state index is 12.4. The molecule has 152 valence electrons. The number of nitrogens with one attached hydrogen (secondary N) is 1. The van der Waals surface area contributed by atoms with Crippen molar-refractivity contribution in [3.63, 3.8) is 0 Å². The van der Waals surface area contributed by atoms with Crippen LogP contribution in [0.4, 0.5) is 0 Å². The number of benzene rings is 1. The van der Waals surface area contributed by atoms with Crippen molar-refractivity contribution in [2.75, 3.05) is 13.1 Å². The molecule has 1 amide bonds. The average molecular weight is 413 g/mol. The summed E-state index contributed by atoms with van der Waals surface area (Å²) in [6.45, 7) is 6.42. The number of halogens is 1. The fraction of sp³-hybridized carbons (Fsp3) is 0.364. The molecule has 1 aliphatic heterocycles. The van der Waals surface area contributed by atoms with E-state index in [0.29, 0.717) is 11.6 Å². The van der Waals surface area contributed by atoms with Gasteiger partial charge in [0, 0.05) is 42.0 Å². The number of furan rings is 1. The largest absolute Gasteiger partial charge is 0.472 e. The molecule has 3 heterocycles. The number of carbonyl (C=O) groups is 1. The third-order valence-electron chi connectivity index (χ3n) is 5.63. The van der Waals surface area contributed by atoms with Crippen LogP contribution in [0.2, 0.25) is 5.02 Å². The van der Waals surface area contributed by atoms with E-state index < -0.39 is 0 Å². The normalized spacial score (nSPS) is 15.1. The Morgan fingerprint density at radius 1 is 1.21 bits per heavy atom. The van der Waals surface area contributed by atoms with Crippen molar-refractivity contribution in [3.05, 3.63) is 70.4 Å². The van der Waals surface area contributed by atoms with Crippen LogP contribution in [-0.2, 0) is 6.54 Å². The molecule has 0 radical (unpaired) electrons. The molecule has 0 unspecified atom stereocenters. The monoisotopic (exact) mass is 412 g/mol. The molecule has 1 aliphatic rings. The first kappa shape index (κ1) is 19.7. The van der Waals surface area contributed by atoms with E-state index in [1.54, 1.807) is 6.07 Å². The van der Waals surface area contributed by atoms with Gasteiger partial charge in [-0.05, 0) is 57.0 Å². The van der Waals surface area contributed by atoms with Crippen LogP contribution in [0.25, 0.3) is 5.69 Å². The molecule has 1 N–H and O–H groups in total. The highest BCUT2D eigenvalue weighted by atomic mass is 35.5. The summed E-state index contributed by atoms with van der Waals surface area (Å²) in [5.41, 5.74) is 5.00. The summed E-state index contributed by atoms with van der Waals surface area (Å²) in [5.74, 6) is 0.0492. The number of nitrogens with zero attached hydrogens (tertiary/aromatic N) is 3. The van der Waals surface area contributed by atoms with Gasteiger partial charge in [-0.15, -0.1) is 0 Å². The topological polar surface area (TPSA) is 63.3 Å². The van der Waals surface area contributed by atoms with E-state index in [-0.39, 0.29) is 5.91 Å². The number of carbonyl (C=O) groups excluding carboxylic acids is 1. The van der Waals surface area contributed by atoms with E-state index in [1.165, 1.54) is 18.1 Å². The Bertz CT molecular complexity index is 971. The highest BCUT2D eigenvalue weighted by Crippen LogP contribution is 2.21. The predicted octanol–water partition coefficient (Wildman–Crippen LogP) is 4.13. The van der Waals surface area contributed by atoms with Crippen molar-refractivity contribution in [3.8, 4) is 5.69 Å². The molecule has 0 spiro atoms. The highest BCUT2D eigenvalue weighted by molar-refractivity contribution is 6.30. The van der Waals surface area contributed by atoms with Crippen LogP contribution in [0.15, 0.2) is 47.3 Å². The van der Waals surface area contributed by atoms with Gasteiger partial charge in [-0.25, -0.2) is 4.68 Å². The summed E-state index contributed by atoms with van der Waals surface area (Å²) in [4.78, 5) is 14.3. The number of aryl methyl sites for hydroxylation is 1. The minimum absolute atomic E-state index is 0.0492. The molecule has 1 aromatic carbocycles. The molecular weight excluding hydrogens is 388 g/mol. The van der Waals surface area contributed by atoms with Gasteiger partial charge in [0.25, 0.3) is 5.91 Å². The number of hydrogen-bond acceptors (Lipinski definition) is 4. The highest BCUT2D eigenvalue weighted by Gasteiger charge is 2.24. The lowest BCUT2D eigenvalue weighted by Gasteiger charge is -2.32. The molecule has 1 saturated heterocycles. The van der Waals surface area contributed by atoms with Gasteiger partial charge in [0.2, 0.25) is 0 Å². The molecule has 2 aromatic heterocycles. The van der Waals surface area contributed by atoms with Gasteiger partial charge in [-0.3, -0.25) is 4.79 Å². The van der Waals surface area contributed by atoms with Crippen LogP contribution in [0.3, 0.4) is 0 Å². The molecule has 0 bridgehead atoms. The van der Waals surface area contributed by atoms with Crippen molar-refractivity contribution in [2.45, 2.75) is 39.3 Å². The Labute approximate surface area is 175 Å². The van der Waals surface area contributed by atoms with Gasteiger partial charge in [-0.2, -0.15) is 5.10 Å². The second kappa shape index (κ2) is 8.43. The van der Waals surface area contributed by atoms with E-state index in [0.717, 1.165) is 54.6 Å². The fourth-order valence-electron chi connectivity index (χ4n) is 3.87. The van der Waals surface area contributed by atoms with Crippen LogP contribution in [-0.4, -0.2) is 39.7 Å². The lowest BCUT2D eigenvalue weighted by atomic mass is 10.0. The van der Waals surface area contributed by atoms with Crippen LogP contribution in [0.1, 0.15) is 40.2 Å². The minimum atomic E-state index is 0.0492. The first-order valence-electron chi connectivity index (χ1n) is 9.89. The Morgan fingerprint density at radius 2 is 1.93 bits per heavy atom. The maximum Gasteiger partial charge on any atom is 0.257 e. The molecule has 7 heteroatoms. The second-order valence-corrected chi connectivity index (χ2v) is 7.93. The molecular formula is C22H25ClN4O2. The molecule has 0 aliphatic carbocycles. The molecule has 3 aromatic rings. The summed E-state index contributed by atoms with van der Waals surface area (Å²) in [6, 6.07) is 9.82. The first-order valence-corrected chi connectivity index (χ1v) is 10.3. The Hall–Kier alpha value is -2.57. The summed E-state index contributed by atoms with van der Waals surface area (Å²) in [6.07, 6.45) is 4.92. The minimum Gasteiger partial charge on any atom is -0.472 e. The zero-order valence-electron chi connectivity index (χ0n) is 16.7. The number of amides is 1. The quantitative estimate of drug-likeness (QED) is 0.684.